The van der Waals surface area contributed by atoms with Crippen LogP contribution in [-0.4, -0.2) is 34.2 Å². The third kappa shape index (κ3) is 3.36. The molecule has 2 aromatic heterocycles. The highest BCUT2D eigenvalue weighted by atomic mass is 16.5. The molecule has 0 bridgehead atoms. The fourth-order valence-corrected chi connectivity index (χ4v) is 3.95. The minimum atomic E-state index is -0.298. The van der Waals surface area contributed by atoms with E-state index >= 15 is 0 Å². The van der Waals surface area contributed by atoms with Crippen molar-refractivity contribution in [1.82, 2.24) is 15.3 Å². The fourth-order valence-electron chi connectivity index (χ4n) is 3.95. The Morgan fingerprint density at radius 1 is 1.29 bits per heavy atom. The summed E-state index contributed by atoms with van der Waals surface area (Å²) in [6.07, 6.45) is 2.77. The average Bonchev–Trinajstić information content (AvgIpc) is 3.00. The van der Waals surface area contributed by atoms with Crippen LogP contribution < -0.4 is 10.1 Å². The van der Waals surface area contributed by atoms with Gasteiger partial charge in [0, 0.05) is 23.2 Å². The van der Waals surface area contributed by atoms with Crippen molar-refractivity contribution in [2.45, 2.75) is 38.8 Å². The van der Waals surface area contributed by atoms with Crippen LogP contribution >= 0.6 is 0 Å². The molecule has 1 saturated carbocycles. The van der Waals surface area contributed by atoms with Crippen molar-refractivity contribution in [3.8, 4) is 5.88 Å². The van der Waals surface area contributed by atoms with Crippen LogP contribution in [0.15, 0.2) is 36.5 Å². The summed E-state index contributed by atoms with van der Waals surface area (Å²) in [5.74, 6) is 0.568. The Kier molecular flexibility index (Phi) is 4.81. The zero-order valence-corrected chi connectivity index (χ0v) is 16.3. The lowest BCUT2D eigenvalue weighted by atomic mass is 9.75. The molecule has 1 aliphatic rings. The Labute approximate surface area is 163 Å². The molecule has 0 aliphatic heterocycles. The van der Waals surface area contributed by atoms with Gasteiger partial charge in [-0.05, 0) is 55.9 Å². The van der Waals surface area contributed by atoms with Gasteiger partial charge in [0.15, 0.2) is 0 Å². The number of carbonyl (C=O) groups is 1. The number of carbonyl (C=O) groups excluding carboxylic acids is 1. The van der Waals surface area contributed by atoms with Crippen molar-refractivity contribution >= 4 is 16.8 Å². The van der Waals surface area contributed by atoms with Gasteiger partial charge in [0.25, 0.3) is 5.91 Å². The van der Waals surface area contributed by atoms with Crippen LogP contribution in [0.1, 0.15) is 46.1 Å². The standard InChI is InChI=1S/C22H25N3O3/c1-12-4-6-18-17(8-12)13(2)20(24-18)22(27)25-21(15-9-16(26)10-15)14-5-7-19(28-3)23-11-14/h4-8,11,15-16,21,24,26H,9-10H2,1-3H3,(H,25,27)/t15?,16?,21-/m1/s1. The van der Waals surface area contributed by atoms with Crippen LogP contribution in [0.25, 0.3) is 10.9 Å². The number of aromatic nitrogens is 2. The van der Waals surface area contributed by atoms with E-state index in [9.17, 15) is 9.90 Å². The first-order valence-corrected chi connectivity index (χ1v) is 9.54. The molecule has 1 aliphatic carbocycles. The maximum atomic E-state index is 13.1. The number of amides is 1. The molecule has 1 aromatic carbocycles. The van der Waals surface area contributed by atoms with Crippen molar-refractivity contribution in [3.05, 3.63) is 58.9 Å². The number of fused-ring (bicyclic) bond motifs is 1. The highest BCUT2D eigenvalue weighted by molar-refractivity contribution is 6.01. The Balaban J connectivity index is 1.62. The molecule has 4 rings (SSSR count). The molecular formula is C22H25N3O3. The van der Waals surface area contributed by atoms with E-state index in [4.69, 9.17) is 4.74 Å². The van der Waals surface area contributed by atoms with E-state index in [0.29, 0.717) is 24.4 Å². The molecule has 1 amide bonds. The smallest absolute Gasteiger partial charge is 0.268 e. The molecule has 0 radical (unpaired) electrons. The second-order valence-corrected chi connectivity index (χ2v) is 7.64. The molecule has 28 heavy (non-hydrogen) atoms. The number of nitrogens with one attached hydrogen (secondary N) is 2. The van der Waals surface area contributed by atoms with Crippen molar-refractivity contribution in [2.75, 3.05) is 7.11 Å². The minimum absolute atomic E-state index is 0.145. The molecule has 1 atom stereocenters. The summed E-state index contributed by atoms with van der Waals surface area (Å²) >= 11 is 0. The lowest BCUT2D eigenvalue weighted by Gasteiger charge is -2.38. The van der Waals surface area contributed by atoms with Gasteiger partial charge in [0.05, 0.1) is 19.3 Å². The average molecular weight is 379 g/mol. The van der Waals surface area contributed by atoms with Crippen LogP contribution in [0.2, 0.25) is 0 Å². The van der Waals surface area contributed by atoms with Crippen molar-refractivity contribution < 1.29 is 14.6 Å². The first-order chi connectivity index (χ1) is 13.5. The number of ether oxygens (including phenoxy) is 1. The number of aromatic amines is 1. The van der Waals surface area contributed by atoms with E-state index in [-0.39, 0.29) is 24.0 Å². The van der Waals surface area contributed by atoms with Crippen molar-refractivity contribution in [2.24, 2.45) is 5.92 Å². The molecule has 146 valence electrons. The number of methoxy groups -OCH3 is 1. The number of aliphatic hydroxyl groups is 1. The second kappa shape index (κ2) is 7.28. The number of nitrogens with zero attached hydrogens (tertiary/aromatic N) is 1. The van der Waals surface area contributed by atoms with Gasteiger partial charge in [-0.15, -0.1) is 0 Å². The zero-order valence-electron chi connectivity index (χ0n) is 16.3. The molecular weight excluding hydrogens is 354 g/mol. The summed E-state index contributed by atoms with van der Waals surface area (Å²) in [7, 11) is 1.57. The Bertz CT molecular complexity index is 1000. The normalized spacial score (nSPS) is 19.9. The third-order valence-electron chi connectivity index (χ3n) is 5.68. The minimum Gasteiger partial charge on any atom is -0.481 e. The van der Waals surface area contributed by atoms with E-state index in [2.05, 4.69) is 21.4 Å². The molecule has 0 saturated heterocycles. The number of benzene rings is 1. The maximum absolute atomic E-state index is 13.1. The number of rotatable bonds is 5. The highest BCUT2D eigenvalue weighted by Crippen LogP contribution is 2.38. The molecule has 0 unspecified atom stereocenters. The number of hydrogen-bond donors (Lipinski definition) is 3. The van der Waals surface area contributed by atoms with E-state index in [1.165, 1.54) is 0 Å². The van der Waals surface area contributed by atoms with Gasteiger partial charge >= 0.3 is 0 Å². The van der Waals surface area contributed by atoms with Crippen LogP contribution in [0.5, 0.6) is 5.88 Å². The summed E-state index contributed by atoms with van der Waals surface area (Å²) in [5, 5.41) is 14.0. The van der Waals surface area contributed by atoms with E-state index < -0.39 is 0 Å². The molecule has 3 N–H and O–H groups in total. The largest absolute Gasteiger partial charge is 0.481 e. The highest BCUT2D eigenvalue weighted by Gasteiger charge is 2.36. The first kappa shape index (κ1) is 18.5. The molecule has 6 heteroatoms. The number of hydrogen-bond acceptors (Lipinski definition) is 4. The zero-order chi connectivity index (χ0) is 19.8. The molecule has 0 spiro atoms. The van der Waals surface area contributed by atoms with Crippen molar-refractivity contribution in [3.63, 3.8) is 0 Å². The summed E-state index contributed by atoms with van der Waals surface area (Å²) in [6, 6.07) is 9.62. The lowest BCUT2D eigenvalue weighted by Crippen LogP contribution is -2.41. The quantitative estimate of drug-likeness (QED) is 0.634. The Morgan fingerprint density at radius 2 is 2.07 bits per heavy atom. The number of aliphatic hydroxyl groups excluding tert-OH is 1. The molecule has 6 nitrogen and oxygen atoms in total. The van der Waals surface area contributed by atoms with Gasteiger partial charge in [0.1, 0.15) is 5.69 Å². The van der Waals surface area contributed by atoms with Crippen LogP contribution in [0.3, 0.4) is 0 Å². The summed E-state index contributed by atoms with van der Waals surface area (Å²) in [5.41, 5.74) is 4.54. The number of aryl methyl sites for hydroxylation is 2. The second-order valence-electron chi connectivity index (χ2n) is 7.64. The van der Waals surface area contributed by atoms with E-state index in [0.717, 1.165) is 27.6 Å². The molecule has 2 heterocycles. The van der Waals surface area contributed by atoms with E-state index in [1.54, 1.807) is 19.4 Å². The van der Waals surface area contributed by atoms with Gasteiger partial charge in [0.2, 0.25) is 5.88 Å². The Morgan fingerprint density at radius 3 is 2.71 bits per heavy atom. The van der Waals surface area contributed by atoms with E-state index in [1.807, 2.05) is 32.0 Å². The van der Waals surface area contributed by atoms with Crippen molar-refractivity contribution in [1.29, 1.82) is 0 Å². The monoisotopic (exact) mass is 379 g/mol. The fraction of sp³-hybridized carbons (Fsp3) is 0.364. The third-order valence-corrected chi connectivity index (χ3v) is 5.68. The summed E-state index contributed by atoms with van der Waals surface area (Å²) in [6.45, 7) is 4.00. The molecule has 1 fully saturated rings. The molecule has 3 aromatic rings. The van der Waals surface area contributed by atoms with Gasteiger partial charge in [-0.2, -0.15) is 0 Å². The summed E-state index contributed by atoms with van der Waals surface area (Å²) in [4.78, 5) is 20.6. The van der Waals surface area contributed by atoms with Gasteiger partial charge in [-0.1, -0.05) is 17.7 Å². The SMILES string of the molecule is COc1ccc([C@@H](NC(=O)c2[nH]c3ccc(C)cc3c2C)C2CC(O)C2)cn1. The van der Waals surface area contributed by atoms with Crippen LogP contribution in [-0.2, 0) is 0 Å². The van der Waals surface area contributed by atoms with Gasteiger partial charge < -0.3 is 20.1 Å². The van der Waals surface area contributed by atoms with Gasteiger partial charge in [-0.3, -0.25) is 4.79 Å². The van der Waals surface area contributed by atoms with Gasteiger partial charge in [-0.25, -0.2) is 4.98 Å². The Hall–Kier alpha value is -2.86. The lowest BCUT2D eigenvalue weighted by molar-refractivity contribution is 0.0234. The predicted molar refractivity (Wildman–Crippen MR) is 107 cm³/mol. The number of H-pyrrole nitrogens is 1. The first-order valence-electron chi connectivity index (χ1n) is 9.54. The van der Waals surface area contributed by atoms with Crippen LogP contribution in [0, 0.1) is 19.8 Å². The van der Waals surface area contributed by atoms with Crippen LogP contribution in [0.4, 0.5) is 0 Å². The topological polar surface area (TPSA) is 87.2 Å². The number of pyridine rings is 1. The summed E-state index contributed by atoms with van der Waals surface area (Å²) < 4.78 is 5.13. The predicted octanol–water partition coefficient (Wildman–Crippen LogP) is 3.43. The maximum Gasteiger partial charge on any atom is 0.268 e.